The smallest absolute Gasteiger partial charge is 0.241 e. The van der Waals surface area contributed by atoms with Crippen molar-refractivity contribution in [3.8, 4) is 11.5 Å². The van der Waals surface area contributed by atoms with Gasteiger partial charge in [-0.3, -0.25) is 4.79 Å². The zero-order valence-electron chi connectivity index (χ0n) is 7.36. The van der Waals surface area contributed by atoms with E-state index in [-0.39, 0.29) is 0 Å². The Hall–Kier alpha value is -1.49. The highest BCUT2D eigenvalue weighted by atomic mass is 32.1. The number of carbonyl (C=O) groups excluding carboxylic acids is 1. The predicted octanol–water partition coefficient (Wildman–Crippen LogP) is 1.02. The number of rotatable bonds is 2. The van der Waals surface area contributed by atoms with E-state index >= 15 is 0 Å². The number of carbonyl (C=O) groups is 1. The molecule has 0 saturated heterocycles. The van der Waals surface area contributed by atoms with Crippen LogP contribution in [0.3, 0.4) is 0 Å². The Kier molecular flexibility index (Phi) is 2.41. The summed E-state index contributed by atoms with van der Waals surface area (Å²) in [6.07, 6.45) is 2.95. The summed E-state index contributed by atoms with van der Waals surface area (Å²) >= 11 is 1.46. The molecule has 5 heteroatoms. The van der Waals surface area contributed by atoms with Gasteiger partial charge in [-0.2, -0.15) is 0 Å². The molecule has 1 aliphatic heterocycles. The first kappa shape index (κ1) is 9.08. The van der Waals surface area contributed by atoms with Crippen LogP contribution in [-0.4, -0.2) is 19.1 Å². The molecule has 0 atom stereocenters. The van der Waals surface area contributed by atoms with Crippen LogP contribution in [0.15, 0.2) is 11.5 Å². The van der Waals surface area contributed by atoms with Gasteiger partial charge in [-0.15, -0.1) is 11.3 Å². The summed E-state index contributed by atoms with van der Waals surface area (Å²) < 4.78 is 10.8. The summed E-state index contributed by atoms with van der Waals surface area (Å²) in [5.74, 6) is 0.980. The van der Waals surface area contributed by atoms with E-state index in [2.05, 4.69) is 0 Å². The highest BCUT2D eigenvalue weighted by molar-refractivity contribution is 7.11. The minimum atomic E-state index is -0.469. The third-order valence-corrected chi connectivity index (χ3v) is 2.63. The summed E-state index contributed by atoms with van der Waals surface area (Å²) in [5.41, 5.74) is 4.99. The van der Waals surface area contributed by atoms with E-state index in [4.69, 9.17) is 15.2 Å². The molecule has 2 heterocycles. The highest BCUT2D eigenvalue weighted by Crippen LogP contribution is 2.39. The molecule has 2 rings (SSSR count). The van der Waals surface area contributed by atoms with E-state index in [1.165, 1.54) is 17.4 Å². The largest absolute Gasteiger partial charge is 0.485 e. The first-order valence-electron chi connectivity index (χ1n) is 4.12. The van der Waals surface area contributed by atoms with E-state index in [1.54, 1.807) is 6.08 Å². The average molecular weight is 211 g/mol. The minimum Gasteiger partial charge on any atom is -0.485 e. The van der Waals surface area contributed by atoms with Crippen LogP contribution in [0.2, 0.25) is 0 Å². The minimum absolute atomic E-state index is 0.469. The Morgan fingerprint density at radius 2 is 2.29 bits per heavy atom. The van der Waals surface area contributed by atoms with E-state index in [1.807, 2.05) is 5.38 Å². The molecule has 0 bridgehead atoms. The molecule has 1 aliphatic rings. The average Bonchev–Trinajstić information content (AvgIpc) is 2.58. The van der Waals surface area contributed by atoms with Crippen molar-refractivity contribution >= 4 is 23.3 Å². The molecule has 0 aromatic carbocycles. The van der Waals surface area contributed by atoms with Crippen LogP contribution in [-0.2, 0) is 4.79 Å². The molecule has 14 heavy (non-hydrogen) atoms. The lowest BCUT2D eigenvalue weighted by Crippen LogP contribution is -2.14. The van der Waals surface area contributed by atoms with Gasteiger partial charge < -0.3 is 15.2 Å². The number of amides is 1. The van der Waals surface area contributed by atoms with Gasteiger partial charge >= 0.3 is 0 Å². The van der Waals surface area contributed by atoms with Gasteiger partial charge in [0, 0.05) is 11.5 Å². The molecule has 4 nitrogen and oxygen atoms in total. The van der Waals surface area contributed by atoms with Crippen molar-refractivity contribution in [2.24, 2.45) is 5.73 Å². The lowest BCUT2D eigenvalue weighted by molar-refractivity contribution is -0.113. The van der Waals surface area contributed by atoms with Crippen LogP contribution < -0.4 is 15.2 Å². The molecule has 1 aromatic rings. The van der Waals surface area contributed by atoms with Gasteiger partial charge in [0.2, 0.25) is 5.91 Å². The molecule has 74 valence electrons. The quantitative estimate of drug-likeness (QED) is 0.743. The molecule has 1 amide bonds. The number of primary amides is 1. The topological polar surface area (TPSA) is 61.6 Å². The van der Waals surface area contributed by atoms with Crippen molar-refractivity contribution in [1.82, 2.24) is 0 Å². The molecule has 0 radical (unpaired) electrons. The molecular weight excluding hydrogens is 202 g/mol. The summed E-state index contributed by atoms with van der Waals surface area (Å²) in [6, 6.07) is 0. The summed E-state index contributed by atoms with van der Waals surface area (Å²) in [4.78, 5) is 11.4. The van der Waals surface area contributed by atoms with Gasteiger partial charge in [0.15, 0.2) is 11.5 Å². The Balaban J connectivity index is 2.26. The zero-order valence-corrected chi connectivity index (χ0v) is 8.17. The first-order valence-corrected chi connectivity index (χ1v) is 5.00. The molecule has 2 N–H and O–H groups in total. The second-order valence-electron chi connectivity index (χ2n) is 2.73. The zero-order chi connectivity index (χ0) is 9.97. The molecule has 0 fully saturated rings. The summed E-state index contributed by atoms with van der Waals surface area (Å²) in [5, 5.41) is 1.86. The number of fused-ring (bicyclic) bond motifs is 1. The van der Waals surface area contributed by atoms with E-state index in [9.17, 15) is 4.79 Å². The van der Waals surface area contributed by atoms with Crippen molar-refractivity contribution in [2.45, 2.75) is 0 Å². The third kappa shape index (κ3) is 1.72. The third-order valence-electron chi connectivity index (χ3n) is 1.73. The predicted molar refractivity (Wildman–Crippen MR) is 53.5 cm³/mol. The maximum Gasteiger partial charge on any atom is 0.241 e. The van der Waals surface area contributed by atoms with E-state index in [0.717, 1.165) is 10.6 Å². The second kappa shape index (κ2) is 3.71. The Bertz CT molecular complexity index is 383. The number of hydrogen-bond acceptors (Lipinski definition) is 4. The van der Waals surface area contributed by atoms with Gasteiger partial charge in [0.25, 0.3) is 0 Å². The second-order valence-corrected chi connectivity index (χ2v) is 3.64. The van der Waals surface area contributed by atoms with Gasteiger partial charge in [-0.05, 0) is 6.08 Å². The van der Waals surface area contributed by atoms with Gasteiger partial charge in [0.1, 0.15) is 13.2 Å². The SMILES string of the molecule is NC(=O)C=Cc1scc2c1OCCO2. The fraction of sp³-hybridized carbons (Fsp3) is 0.222. The number of hydrogen-bond donors (Lipinski definition) is 1. The molecule has 0 unspecified atom stereocenters. The van der Waals surface area contributed by atoms with Crippen LogP contribution in [0.1, 0.15) is 4.88 Å². The molecule has 0 aliphatic carbocycles. The van der Waals surface area contributed by atoms with Crippen molar-refractivity contribution in [1.29, 1.82) is 0 Å². The Labute approximate surface area is 84.9 Å². The Morgan fingerprint density at radius 1 is 1.50 bits per heavy atom. The number of nitrogens with two attached hydrogens (primary N) is 1. The van der Waals surface area contributed by atoms with E-state index < -0.39 is 5.91 Å². The van der Waals surface area contributed by atoms with Gasteiger partial charge in [0.05, 0.1) is 4.88 Å². The Morgan fingerprint density at radius 3 is 3.07 bits per heavy atom. The monoisotopic (exact) mass is 211 g/mol. The first-order chi connectivity index (χ1) is 6.77. The van der Waals surface area contributed by atoms with Crippen LogP contribution >= 0.6 is 11.3 Å². The standard InChI is InChI=1S/C9H9NO3S/c10-8(11)2-1-7-9-6(5-14-7)12-3-4-13-9/h1-2,5H,3-4H2,(H2,10,11). The van der Waals surface area contributed by atoms with E-state index in [0.29, 0.717) is 19.0 Å². The maximum atomic E-state index is 10.5. The van der Waals surface area contributed by atoms with Crippen molar-refractivity contribution in [3.05, 3.63) is 16.3 Å². The van der Waals surface area contributed by atoms with Gasteiger partial charge in [-0.1, -0.05) is 0 Å². The fourth-order valence-corrected chi connectivity index (χ4v) is 1.98. The van der Waals surface area contributed by atoms with Crippen LogP contribution in [0.5, 0.6) is 11.5 Å². The van der Waals surface area contributed by atoms with Gasteiger partial charge in [-0.25, -0.2) is 0 Å². The normalized spacial score (nSPS) is 14.6. The molecule has 1 aromatic heterocycles. The summed E-state index contributed by atoms with van der Waals surface area (Å²) in [6.45, 7) is 1.11. The lowest BCUT2D eigenvalue weighted by Gasteiger charge is -2.15. The summed E-state index contributed by atoms with van der Waals surface area (Å²) in [7, 11) is 0. The van der Waals surface area contributed by atoms with Crippen molar-refractivity contribution in [3.63, 3.8) is 0 Å². The van der Waals surface area contributed by atoms with Crippen LogP contribution in [0.4, 0.5) is 0 Å². The number of ether oxygens (including phenoxy) is 2. The fourth-order valence-electron chi connectivity index (χ4n) is 1.16. The maximum absolute atomic E-state index is 10.5. The van der Waals surface area contributed by atoms with Crippen LogP contribution in [0, 0.1) is 0 Å². The highest BCUT2D eigenvalue weighted by Gasteiger charge is 2.16. The lowest BCUT2D eigenvalue weighted by atomic mass is 10.3. The molecule has 0 spiro atoms. The van der Waals surface area contributed by atoms with Crippen molar-refractivity contribution in [2.75, 3.05) is 13.2 Å². The molecule has 0 saturated carbocycles. The number of thiophene rings is 1. The van der Waals surface area contributed by atoms with Crippen LogP contribution in [0.25, 0.3) is 6.08 Å². The molecular formula is C9H9NO3S. The van der Waals surface area contributed by atoms with Crippen molar-refractivity contribution < 1.29 is 14.3 Å².